The summed E-state index contributed by atoms with van der Waals surface area (Å²) in [7, 11) is -2.63. The Morgan fingerprint density at radius 3 is 2.29 bits per heavy atom. The fraction of sp³-hybridized carbons (Fsp3) is 0.350. The van der Waals surface area contributed by atoms with Crippen molar-refractivity contribution in [3.63, 3.8) is 0 Å². The lowest BCUT2D eigenvalue weighted by atomic mass is 10.1. The molecule has 0 radical (unpaired) electrons. The van der Waals surface area contributed by atoms with E-state index in [0.717, 1.165) is 26.1 Å². The highest BCUT2D eigenvalue weighted by Gasteiger charge is 2.23. The van der Waals surface area contributed by atoms with E-state index in [1.54, 1.807) is 6.07 Å². The summed E-state index contributed by atoms with van der Waals surface area (Å²) in [5.41, 5.74) is 3.26. The normalized spacial score (nSPS) is 15.2. The maximum Gasteiger partial charge on any atom is 0.340 e. The Bertz CT molecular complexity index is 958. The molecule has 2 N–H and O–H groups in total. The van der Waals surface area contributed by atoms with Crippen molar-refractivity contribution in [3.8, 4) is 0 Å². The third kappa shape index (κ3) is 4.45. The Hall–Kier alpha value is -2.58. The molecule has 2 aromatic rings. The molecule has 0 spiro atoms. The zero-order valence-corrected chi connectivity index (χ0v) is 16.9. The van der Waals surface area contributed by atoms with Crippen molar-refractivity contribution in [2.24, 2.45) is 5.14 Å². The van der Waals surface area contributed by atoms with Gasteiger partial charge in [0.1, 0.15) is 0 Å². The van der Waals surface area contributed by atoms with Crippen LogP contribution in [0.4, 0.5) is 11.4 Å². The molecule has 0 bridgehead atoms. The van der Waals surface area contributed by atoms with Crippen LogP contribution in [-0.2, 0) is 14.8 Å². The molecule has 1 heterocycles. The number of nitrogens with zero attached hydrogens (tertiary/aromatic N) is 2. The topological polar surface area (TPSA) is 92.9 Å². The molecular formula is C20H25N3O4S. The predicted molar refractivity (Wildman–Crippen MR) is 109 cm³/mol. The van der Waals surface area contributed by atoms with E-state index in [1.807, 2.05) is 0 Å². The lowest BCUT2D eigenvalue weighted by Crippen LogP contribution is -2.31. The van der Waals surface area contributed by atoms with Crippen LogP contribution in [0.1, 0.15) is 22.3 Å². The molecule has 0 amide bonds. The molecule has 0 atom stereocenters. The summed E-state index contributed by atoms with van der Waals surface area (Å²) in [6, 6.07) is 12.8. The molecular weight excluding hydrogens is 378 g/mol. The molecule has 0 aromatic heterocycles. The predicted octanol–water partition coefficient (Wildman–Crippen LogP) is 2.15. The second-order valence-corrected chi connectivity index (χ2v) is 8.44. The number of carbonyl (C=O) groups is 1. The largest absolute Gasteiger partial charge is 0.465 e. The fourth-order valence-electron chi connectivity index (χ4n) is 3.41. The third-order valence-corrected chi connectivity index (χ3v) is 5.85. The summed E-state index contributed by atoms with van der Waals surface area (Å²) in [4.78, 5) is 16.6. The maximum atomic E-state index is 12.3. The van der Waals surface area contributed by atoms with Crippen molar-refractivity contribution in [2.75, 3.05) is 43.1 Å². The molecule has 150 valence electrons. The fourth-order valence-corrected chi connectivity index (χ4v) is 3.95. The quantitative estimate of drug-likeness (QED) is 0.787. The number of carbonyl (C=O) groups excluding carboxylic acids is 1. The average Bonchev–Trinajstić information content (AvgIpc) is 2.93. The van der Waals surface area contributed by atoms with Crippen LogP contribution in [0.25, 0.3) is 0 Å². The molecule has 0 aliphatic carbocycles. The molecule has 2 aromatic carbocycles. The number of benzene rings is 2. The van der Waals surface area contributed by atoms with Crippen molar-refractivity contribution in [1.82, 2.24) is 0 Å². The number of hydrogen-bond donors (Lipinski definition) is 1. The first-order valence-corrected chi connectivity index (χ1v) is 10.7. The Kier molecular flexibility index (Phi) is 5.90. The van der Waals surface area contributed by atoms with E-state index in [2.05, 4.69) is 41.0 Å². The maximum absolute atomic E-state index is 12.3. The first kappa shape index (κ1) is 20.2. The van der Waals surface area contributed by atoms with Gasteiger partial charge in [-0.2, -0.15) is 0 Å². The molecule has 1 aliphatic rings. The molecule has 0 unspecified atom stereocenters. The van der Waals surface area contributed by atoms with Gasteiger partial charge in [-0.05, 0) is 43.7 Å². The lowest BCUT2D eigenvalue weighted by Gasteiger charge is -2.26. The number of methoxy groups -OCH3 is 1. The van der Waals surface area contributed by atoms with Crippen LogP contribution in [0.5, 0.6) is 0 Å². The summed E-state index contributed by atoms with van der Waals surface area (Å²) >= 11 is 0. The van der Waals surface area contributed by atoms with Gasteiger partial charge in [-0.3, -0.25) is 0 Å². The summed E-state index contributed by atoms with van der Waals surface area (Å²) in [6.45, 7) is 5.21. The minimum atomic E-state index is -3.90. The molecule has 8 heteroatoms. The number of rotatable bonds is 4. The van der Waals surface area contributed by atoms with Gasteiger partial charge >= 0.3 is 5.97 Å². The van der Waals surface area contributed by atoms with Gasteiger partial charge in [0, 0.05) is 31.9 Å². The van der Waals surface area contributed by atoms with E-state index in [-0.39, 0.29) is 10.5 Å². The molecule has 1 saturated heterocycles. The molecule has 0 saturated carbocycles. The van der Waals surface area contributed by atoms with Crippen LogP contribution < -0.4 is 14.9 Å². The summed E-state index contributed by atoms with van der Waals surface area (Å²) in [5, 5.41) is 5.21. The minimum Gasteiger partial charge on any atom is -0.465 e. The first-order valence-electron chi connectivity index (χ1n) is 9.11. The van der Waals surface area contributed by atoms with E-state index in [1.165, 1.54) is 30.5 Å². The number of primary sulfonamides is 1. The van der Waals surface area contributed by atoms with E-state index in [9.17, 15) is 13.2 Å². The Morgan fingerprint density at radius 2 is 1.64 bits per heavy atom. The summed E-state index contributed by atoms with van der Waals surface area (Å²) < 4.78 is 28.2. The average molecular weight is 404 g/mol. The highest BCUT2D eigenvalue weighted by atomic mass is 32.2. The van der Waals surface area contributed by atoms with Crippen LogP contribution >= 0.6 is 0 Å². The van der Waals surface area contributed by atoms with Gasteiger partial charge in [0.25, 0.3) is 0 Å². The Morgan fingerprint density at radius 1 is 1.00 bits per heavy atom. The number of hydrogen-bond acceptors (Lipinski definition) is 6. The van der Waals surface area contributed by atoms with Crippen molar-refractivity contribution in [2.45, 2.75) is 18.2 Å². The smallest absolute Gasteiger partial charge is 0.340 e. The van der Waals surface area contributed by atoms with Crippen LogP contribution in [0.15, 0.2) is 47.4 Å². The van der Waals surface area contributed by atoms with E-state index in [0.29, 0.717) is 12.2 Å². The van der Waals surface area contributed by atoms with Crippen LogP contribution in [0.2, 0.25) is 0 Å². The van der Waals surface area contributed by atoms with Crippen molar-refractivity contribution in [1.29, 1.82) is 0 Å². The van der Waals surface area contributed by atoms with Gasteiger partial charge in [-0.25, -0.2) is 18.4 Å². The minimum absolute atomic E-state index is 0.104. The Balaban J connectivity index is 1.86. The Labute approximate surface area is 165 Å². The van der Waals surface area contributed by atoms with E-state index in [4.69, 9.17) is 9.88 Å². The SMILES string of the molecule is COC(=O)c1cc(S(N)(=O)=O)ccc1N1CCCN(c2ccc(C)cc2)CC1. The molecule has 3 rings (SSSR count). The molecule has 1 aliphatic heterocycles. The highest BCUT2D eigenvalue weighted by Crippen LogP contribution is 2.27. The van der Waals surface area contributed by atoms with Crippen LogP contribution in [0.3, 0.4) is 0 Å². The van der Waals surface area contributed by atoms with Gasteiger partial charge < -0.3 is 14.5 Å². The zero-order chi connectivity index (χ0) is 20.3. The van der Waals surface area contributed by atoms with Crippen molar-refractivity contribution in [3.05, 3.63) is 53.6 Å². The van der Waals surface area contributed by atoms with Gasteiger partial charge in [0.2, 0.25) is 10.0 Å². The number of esters is 1. The summed E-state index contributed by atoms with van der Waals surface area (Å²) in [5.74, 6) is -0.583. The van der Waals surface area contributed by atoms with Gasteiger partial charge in [-0.1, -0.05) is 17.7 Å². The highest BCUT2D eigenvalue weighted by molar-refractivity contribution is 7.89. The lowest BCUT2D eigenvalue weighted by molar-refractivity contribution is 0.0601. The van der Waals surface area contributed by atoms with E-state index >= 15 is 0 Å². The van der Waals surface area contributed by atoms with Crippen molar-refractivity contribution >= 4 is 27.4 Å². The molecule has 1 fully saturated rings. The number of ether oxygens (including phenoxy) is 1. The third-order valence-electron chi connectivity index (χ3n) is 4.94. The van der Waals surface area contributed by atoms with Crippen molar-refractivity contribution < 1.29 is 17.9 Å². The molecule has 7 nitrogen and oxygen atoms in total. The number of nitrogens with two attached hydrogens (primary N) is 1. The summed E-state index contributed by atoms with van der Waals surface area (Å²) in [6.07, 6.45) is 0.908. The van der Waals surface area contributed by atoms with Gasteiger partial charge in [-0.15, -0.1) is 0 Å². The monoisotopic (exact) mass is 403 g/mol. The second-order valence-electron chi connectivity index (χ2n) is 6.88. The van der Waals surface area contributed by atoms with Gasteiger partial charge in [0.15, 0.2) is 0 Å². The van der Waals surface area contributed by atoms with Crippen LogP contribution in [-0.4, -0.2) is 47.7 Å². The number of sulfonamides is 1. The van der Waals surface area contributed by atoms with E-state index < -0.39 is 16.0 Å². The standard InChI is InChI=1S/C20H25N3O4S/c1-15-4-6-16(7-5-15)22-10-3-11-23(13-12-22)19-9-8-17(28(21,25)26)14-18(19)20(24)27-2/h4-9,14H,3,10-13H2,1-2H3,(H2,21,25,26). The van der Waals surface area contributed by atoms with Gasteiger partial charge in [0.05, 0.1) is 23.3 Å². The number of aryl methyl sites for hydroxylation is 1. The zero-order valence-electron chi connectivity index (χ0n) is 16.1. The second kappa shape index (κ2) is 8.20. The first-order chi connectivity index (χ1) is 13.3. The number of anilines is 2. The molecule has 28 heavy (non-hydrogen) atoms. The van der Waals surface area contributed by atoms with Crippen LogP contribution in [0, 0.1) is 6.92 Å².